The molecule has 1 saturated carbocycles. The van der Waals surface area contributed by atoms with Crippen LogP contribution < -0.4 is 10.6 Å². The minimum atomic E-state index is 0.349. The zero-order chi connectivity index (χ0) is 18.2. The summed E-state index contributed by atoms with van der Waals surface area (Å²) >= 11 is 0. The Hall–Kier alpha value is -2.34. The zero-order valence-corrected chi connectivity index (χ0v) is 15.6. The largest absolute Gasteiger partial charge is 0.444 e. The Kier molecular flexibility index (Phi) is 6.28. The first-order valence-corrected chi connectivity index (χ1v) is 9.18. The summed E-state index contributed by atoms with van der Waals surface area (Å²) in [5.41, 5.74) is 2.18. The molecule has 0 bridgehead atoms. The van der Waals surface area contributed by atoms with E-state index in [2.05, 4.69) is 20.6 Å². The van der Waals surface area contributed by atoms with Crippen molar-refractivity contribution in [3.05, 3.63) is 42.3 Å². The molecule has 1 fully saturated rings. The van der Waals surface area contributed by atoms with Gasteiger partial charge in [-0.05, 0) is 36.8 Å². The van der Waals surface area contributed by atoms with Crippen LogP contribution in [0.25, 0.3) is 11.5 Å². The number of ether oxygens (including phenoxy) is 1. The van der Waals surface area contributed by atoms with E-state index in [-0.39, 0.29) is 0 Å². The van der Waals surface area contributed by atoms with Crippen molar-refractivity contribution in [3.63, 3.8) is 0 Å². The number of hydrogen-bond donors (Lipinski definition) is 2. The quantitative estimate of drug-likeness (QED) is 0.561. The Balaban J connectivity index is 1.49. The van der Waals surface area contributed by atoms with Crippen LogP contribution in [0.15, 0.2) is 46.0 Å². The number of nitrogens with zero attached hydrogens (tertiary/aromatic N) is 2. The molecule has 0 radical (unpaired) electrons. The molecule has 0 aliphatic heterocycles. The molecular formula is C20H28N4O2. The van der Waals surface area contributed by atoms with Crippen molar-refractivity contribution in [2.24, 2.45) is 10.4 Å². The molecule has 140 valence electrons. The van der Waals surface area contributed by atoms with Crippen LogP contribution in [-0.2, 0) is 11.3 Å². The molecular weight excluding hydrogens is 328 g/mol. The predicted molar refractivity (Wildman–Crippen MR) is 103 cm³/mol. The van der Waals surface area contributed by atoms with Gasteiger partial charge in [-0.15, -0.1) is 0 Å². The van der Waals surface area contributed by atoms with Crippen LogP contribution in [0.3, 0.4) is 0 Å². The number of aliphatic imine (C=N–C) groups is 1. The maximum absolute atomic E-state index is 5.58. The lowest BCUT2D eigenvalue weighted by Gasteiger charge is -2.42. The van der Waals surface area contributed by atoms with Gasteiger partial charge in [0.15, 0.2) is 5.96 Å². The highest BCUT2D eigenvalue weighted by molar-refractivity contribution is 5.79. The lowest BCUT2D eigenvalue weighted by Crippen LogP contribution is -2.46. The first-order valence-electron chi connectivity index (χ1n) is 9.18. The maximum Gasteiger partial charge on any atom is 0.226 e. The van der Waals surface area contributed by atoms with E-state index in [1.54, 1.807) is 20.4 Å². The molecule has 1 aromatic carbocycles. The van der Waals surface area contributed by atoms with E-state index in [0.717, 1.165) is 36.8 Å². The third kappa shape index (κ3) is 4.64. The van der Waals surface area contributed by atoms with Crippen LogP contribution in [-0.4, -0.2) is 38.3 Å². The van der Waals surface area contributed by atoms with Gasteiger partial charge in [0, 0.05) is 32.9 Å². The SMILES string of the molecule is CN=C(NCc1coc(-c2ccccc2)n1)NCC1(CCOC)CCC1. The molecule has 1 heterocycles. The van der Waals surface area contributed by atoms with Crippen molar-refractivity contribution in [3.8, 4) is 11.5 Å². The number of nitrogens with one attached hydrogen (secondary N) is 2. The number of oxazole rings is 1. The number of hydrogen-bond acceptors (Lipinski definition) is 4. The average Bonchev–Trinajstić information content (AvgIpc) is 3.12. The normalized spacial score (nSPS) is 16.2. The summed E-state index contributed by atoms with van der Waals surface area (Å²) in [4.78, 5) is 8.85. The van der Waals surface area contributed by atoms with Gasteiger partial charge in [-0.2, -0.15) is 0 Å². The first kappa shape index (κ1) is 18.5. The fraction of sp³-hybridized carbons (Fsp3) is 0.500. The van der Waals surface area contributed by atoms with E-state index in [0.29, 0.717) is 17.9 Å². The molecule has 1 aliphatic rings. The molecule has 6 nitrogen and oxygen atoms in total. The van der Waals surface area contributed by atoms with Gasteiger partial charge in [-0.25, -0.2) is 4.98 Å². The van der Waals surface area contributed by atoms with Crippen molar-refractivity contribution in [1.29, 1.82) is 0 Å². The summed E-state index contributed by atoms with van der Waals surface area (Å²) in [5, 5.41) is 6.77. The van der Waals surface area contributed by atoms with Crippen molar-refractivity contribution in [1.82, 2.24) is 15.6 Å². The molecule has 3 rings (SSSR count). The van der Waals surface area contributed by atoms with E-state index in [1.807, 2.05) is 30.3 Å². The van der Waals surface area contributed by atoms with Crippen LogP contribution in [0.2, 0.25) is 0 Å². The standard InChI is InChI=1S/C20H28N4O2/c1-21-19(23-15-20(9-6-10-20)11-12-25-2)22-13-17-14-26-18(24-17)16-7-4-3-5-8-16/h3-5,7-8,14H,6,9-13,15H2,1-2H3,(H2,21,22,23). The summed E-state index contributed by atoms with van der Waals surface area (Å²) in [6.45, 7) is 2.31. The topological polar surface area (TPSA) is 71.7 Å². The van der Waals surface area contributed by atoms with Gasteiger partial charge < -0.3 is 19.8 Å². The highest BCUT2D eigenvalue weighted by Gasteiger charge is 2.36. The summed E-state index contributed by atoms with van der Waals surface area (Å²) in [7, 11) is 3.55. The maximum atomic E-state index is 5.58. The Morgan fingerprint density at radius 3 is 2.73 bits per heavy atom. The number of guanidine groups is 1. The van der Waals surface area contributed by atoms with Crippen molar-refractivity contribution >= 4 is 5.96 Å². The van der Waals surface area contributed by atoms with Crippen LogP contribution >= 0.6 is 0 Å². The molecule has 0 saturated heterocycles. The summed E-state index contributed by atoms with van der Waals surface area (Å²) in [6, 6.07) is 9.90. The molecule has 0 spiro atoms. The van der Waals surface area contributed by atoms with E-state index < -0.39 is 0 Å². The van der Waals surface area contributed by atoms with E-state index >= 15 is 0 Å². The van der Waals surface area contributed by atoms with Gasteiger partial charge in [-0.1, -0.05) is 24.6 Å². The summed E-state index contributed by atoms with van der Waals surface area (Å²) in [6.07, 6.45) is 6.60. The molecule has 1 aliphatic carbocycles. The Morgan fingerprint density at radius 1 is 1.27 bits per heavy atom. The number of methoxy groups -OCH3 is 1. The third-order valence-corrected chi connectivity index (χ3v) is 5.11. The lowest BCUT2D eigenvalue weighted by molar-refractivity contribution is 0.0732. The number of benzene rings is 1. The number of rotatable bonds is 8. The minimum absolute atomic E-state index is 0.349. The van der Waals surface area contributed by atoms with E-state index in [9.17, 15) is 0 Å². The van der Waals surface area contributed by atoms with Crippen molar-refractivity contribution in [2.75, 3.05) is 27.3 Å². The van der Waals surface area contributed by atoms with Gasteiger partial charge in [0.1, 0.15) is 6.26 Å². The summed E-state index contributed by atoms with van der Waals surface area (Å²) < 4.78 is 10.8. The van der Waals surface area contributed by atoms with E-state index in [1.165, 1.54) is 19.3 Å². The highest BCUT2D eigenvalue weighted by Crippen LogP contribution is 2.43. The summed E-state index contributed by atoms with van der Waals surface area (Å²) in [5.74, 6) is 1.43. The zero-order valence-electron chi connectivity index (χ0n) is 15.6. The fourth-order valence-electron chi connectivity index (χ4n) is 3.28. The van der Waals surface area contributed by atoms with Gasteiger partial charge in [0.05, 0.1) is 12.2 Å². The van der Waals surface area contributed by atoms with Crippen LogP contribution in [0.4, 0.5) is 0 Å². The molecule has 6 heteroatoms. The molecule has 0 atom stereocenters. The van der Waals surface area contributed by atoms with Gasteiger partial charge in [0.2, 0.25) is 5.89 Å². The van der Waals surface area contributed by atoms with Crippen molar-refractivity contribution < 1.29 is 9.15 Å². The molecule has 0 amide bonds. The fourth-order valence-corrected chi connectivity index (χ4v) is 3.28. The van der Waals surface area contributed by atoms with Gasteiger partial charge >= 0.3 is 0 Å². The van der Waals surface area contributed by atoms with E-state index in [4.69, 9.17) is 9.15 Å². The second kappa shape index (κ2) is 8.85. The van der Waals surface area contributed by atoms with Crippen molar-refractivity contribution in [2.45, 2.75) is 32.2 Å². The van der Waals surface area contributed by atoms with Crippen LogP contribution in [0.1, 0.15) is 31.4 Å². The Labute approximate surface area is 155 Å². The molecule has 0 unspecified atom stereocenters. The molecule has 2 aromatic rings. The molecule has 1 aromatic heterocycles. The monoisotopic (exact) mass is 356 g/mol. The molecule has 26 heavy (non-hydrogen) atoms. The van der Waals surface area contributed by atoms with Crippen LogP contribution in [0, 0.1) is 5.41 Å². The Bertz CT molecular complexity index is 708. The second-order valence-electron chi connectivity index (χ2n) is 6.89. The minimum Gasteiger partial charge on any atom is -0.444 e. The first-order chi connectivity index (χ1) is 12.7. The highest BCUT2D eigenvalue weighted by atomic mass is 16.5. The number of aromatic nitrogens is 1. The Morgan fingerprint density at radius 2 is 2.08 bits per heavy atom. The third-order valence-electron chi connectivity index (χ3n) is 5.11. The molecule has 2 N–H and O–H groups in total. The lowest BCUT2D eigenvalue weighted by atomic mass is 9.67. The second-order valence-corrected chi connectivity index (χ2v) is 6.89. The van der Waals surface area contributed by atoms with Gasteiger partial charge in [0.25, 0.3) is 0 Å². The smallest absolute Gasteiger partial charge is 0.226 e. The predicted octanol–water partition coefficient (Wildman–Crippen LogP) is 3.21. The van der Waals surface area contributed by atoms with Gasteiger partial charge in [-0.3, -0.25) is 4.99 Å². The average molecular weight is 356 g/mol. The van der Waals surface area contributed by atoms with Crippen LogP contribution in [0.5, 0.6) is 0 Å².